The number of amides is 1. The summed E-state index contributed by atoms with van der Waals surface area (Å²) in [6.07, 6.45) is 3.78. The quantitative estimate of drug-likeness (QED) is 0.724. The molecule has 0 aromatic carbocycles. The third-order valence-corrected chi connectivity index (χ3v) is 6.87. The van der Waals surface area contributed by atoms with Gasteiger partial charge in [-0.3, -0.25) is 4.79 Å². The topological polar surface area (TPSA) is 66.9 Å². The molecule has 2 aliphatic rings. The van der Waals surface area contributed by atoms with Crippen LogP contribution in [0.2, 0.25) is 0 Å². The molecule has 2 saturated heterocycles. The molecule has 0 aromatic heterocycles. The molecule has 0 N–H and O–H groups in total. The number of sulfonamides is 1. The SMILES string of the molecule is CCC(CC)C(=O)N1CCC2(COC)CN(S(C)(=O)=O)CC2C1. The second-order valence-electron chi connectivity index (χ2n) is 7.10. The van der Waals surface area contributed by atoms with E-state index in [0.29, 0.717) is 32.8 Å². The number of nitrogens with zero attached hydrogens (tertiary/aromatic N) is 2. The van der Waals surface area contributed by atoms with Gasteiger partial charge in [-0.25, -0.2) is 12.7 Å². The van der Waals surface area contributed by atoms with Crippen molar-refractivity contribution < 1.29 is 17.9 Å². The van der Waals surface area contributed by atoms with Gasteiger partial charge >= 0.3 is 0 Å². The lowest BCUT2D eigenvalue weighted by Gasteiger charge is -2.44. The lowest BCUT2D eigenvalue weighted by molar-refractivity contribution is -0.140. The molecule has 2 rings (SSSR count). The van der Waals surface area contributed by atoms with Gasteiger partial charge in [0.05, 0.1) is 12.9 Å². The first-order valence-corrected chi connectivity index (χ1v) is 10.3. The molecule has 0 aromatic rings. The molecule has 23 heavy (non-hydrogen) atoms. The Balaban J connectivity index is 2.16. The van der Waals surface area contributed by atoms with Crippen molar-refractivity contribution in [3.8, 4) is 0 Å². The highest BCUT2D eigenvalue weighted by atomic mass is 32.2. The van der Waals surface area contributed by atoms with Crippen LogP contribution in [0.15, 0.2) is 0 Å². The van der Waals surface area contributed by atoms with Gasteiger partial charge in [-0.1, -0.05) is 13.8 Å². The minimum atomic E-state index is -3.21. The van der Waals surface area contributed by atoms with Crippen molar-refractivity contribution in [3.63, 3.8) is 0 Å². The summed E-state index contributed by atoms with van der Waals surface area (Å²) in [7, 11) is -1.54. The van der Waals surface area contributed by atoms with Gasteiger partial charge in [-0.15, -0.1) is 0 Å². The van der Waals surface area contributed by atoms with Crippen LogP contribution in [0.1, 0.15) is 33.1 Å². The van der Waals surface area contributed by atoms with Gasteiger partial charge in [0.25, 0.3) is 0 Å². The molecule has 0 aliphatic carbocycles. The van der Waals surface area contributed by atoms with Crippen LogP contribution in [-0.4, -0.2) is 69.7 Å². The molecule has 2 fully saturated rings. The smallest absolute Gasteiger partial charge is 0.225 e. The molecule has 1 amide bonds. The molecule has 6 nitrogen and oxygen atoms in total. The highest BCUT2D eigenvalue weighted by molar-refractivity contribution is 7.88. The van der Waals surface area contributed by atoms with Gasteiger partial charge in [-0.05, 0) is 25.2 Å². The number of carbonyl (C=O) groups excluding carboxylic acids is 1. The molecule has 0 spiro atoms. The van der Waals surface area contributed by atoms with Crippen LogP contribution in [-0.2, 0) is 19.6 Å². The third-order valence-electron chi connectivity index (χ3n) is 5.65. The number of piperidine rings is 1. The number of hydrogen-bond donors (Lipinski definition) is 0. The summed E-state index contributed by atoms with van der Waals surface area (Å²) in [5.74, 6) is 0.459. The Morgan fingerprint density at radius 3 is 2.48 bits per heavy atom. The van der Waals surface area contributed by atoms with Crippen LogP contribution in [0.25, 0.3) is 0 Å². The molecule has 0 bridgehead atoms. The highest BCUT2D eigenvalue weighted by Crippen LogP contribution is 2.44. The Kier molecular flexibility index (Phi) is 5.74. The normalized spacial score (nSPS) is 29.1. The van der Waals surface area contributed by atoms with Gasteiger partial charge < -0.3 is 9.64 Å². The zero-order valence-corrected chi connectivity index (χ0v) is 15.6. The summed E-state index contributed by atoms with van der Waals surface area (Å²) in [4.78, 5) is 14.6. The van der Waals surface area contributed by atoms with Crippen LogP contribution in [0.3, 0.4) is 0 Å². The van der Waals surface area contributed by atoms with E-state index in [1.807, 2.05) is 18.7 Å². The second-order valence-corrected chi connectivity index (χ2v) is 9.08. The highest BCUT2D eigenvalue weighted by Gasteiger charge is 2.52. The van der Waals surface area contributed by atoms with E-state index in [9.17, 15) is 13.2 Å². The van der Waals surface area contributed by atoms with Gasteiger partial charge in [-0.2, -0.15) is 0 Å². The largest absolute Gasteiger partial charge is 0.384 e. The number of methoxy groups -OCH3 is 1. The zero-order chi connectivity index (χ0) is 17.3. The summed E-state index contributed by atoms with van der Waals surface area (Å²) in [5.41, 5.74) is -0.150. The van der Waals surface area contributed by atoms with Crippen molar-refractivity contribution in [1.29, 1.82) is 0 Å². The molecule has 0 radical (unpaired) electrons. The number of likely N-dealkylation sites (tertiary alicyclic amines) is 1. The minimum Gasteiger partial charge on any atom is -0.384 e. The van der Waals surface area contributed by atoms with Crippen LogP contribution in [0, 0.1) is 17.3 Å². The fraction of sp³-hybridized carbons (Fsp3) is 0.938. The van der Waals surface area contributed by atoms with Gasteiger partial charge in [0.1, 0.15) is 0 Å². The fourth-order valence-electron chi connectivity index (χ4n) is 4.11. The van der Waals surface area contributed by atoms with E-state index in [2.05, 4.69) is 0 Å². The van der Waals surface area contributed by atoms with E-state index >= 15 is 0 Å². The number of rotatable bonds is 6. The summed E-state index contributed by atoms with van der Waals surface area (Å²) in [5, 5.41) is 0. The Bertz CT molecular complexity index is 532. The number of ether oxygens (including phenoxy) is 1. The summed E-state index contributed by atoms with van der Waals surface area (Å²) in [6.45, 7) is 7.00. The monoisotopic (exact) mass is 346 g/mol. The average molecular weight is 346 g/mol. The van der Waals surface area contributed by atoms with Gasteiger partial charge in [0.2, 0.25) is 15.9 Å². The van der Waals surface area contributed by atoms with E-state index in [4.69, 9.17) is 4.74 Å². The van der Waals surface area contributed by atoms with Crippen LogP contribution >= 0.6 is 0 Å². The Morgan fingerprint density at radius 2 is 1.96 bits per heavy atom. The van der Waals surface area contributed by atoms with E-state index in [1.54, 1.807) is 11.4 Å². The Labute approximate surface area is 140 Å². The Morgan fingerprint density at radius 1 is 1.30 bits per heavy atom. The van der Waals surface area contributed by atoms with E-state index in [0.717, 1.165) is 19.3 Å². The maximum absolute atomic E-state index is 12.7. The van der Waals surface area contributed by atoms with Crippen molar-refractivity contribution in [1.82, 2.24) is 9.21 Å². The average Bonchev–Trinajstić information content (AvgIpc) is 2.87. The molecular formula is C16H30N2O4S. The maximum atomic E-state index is 12.7. The number of hydrogen-bond acceptors (Lipinski definition) is 4. The molecule has 0 saturated carbocycles. The van der Waals surface area contributed by atoms with Crippen molar-refractivity contribution >= 4 is 15.9 Å². The summed E-state index contributed by atoms with van der Waals surface area (Å²) >= 11 is 0. The third kappa shape index (κ3) is 3.72. The van der Waals surface area contributed by atoms with Crippen molar-refractivity contribution in [3.05, 3.63) is 0 Å². The molecule has 7 heteroatoms. The van der Waals surface area contributed by atoms with E-state index < -0.39 is 10.0 Å². The molecule has 2 aliphatic heterocycles. The summed E-state index contributed by atoms with van der Waals surface area (Å²) < 4.78 is 30.9. The van der Waals surface area contributed by atoms with Crippen LogP contribution in [0.5, 0.6) is 0 Å². The second kappa shape index (κ2) is 7.07. The van der Waals surface area contributed by atoms with Gasteiger partial charge in [0, 0.05) is 44.6 Å². The molecule has 2 unspecified atom stereocenters. The van der Waals surface area contributed by atoms with E-state index in [1.165, 1.54) is 6.26 Å². The van der Waals surface area contributed by atoms with Crippen molar-refractivity contribution in [2.45, 2.75) is 33.1 Å². The lowest BCUT2D eigenvalue weighted by Crippen LogP contribution is -2.52. The van der Waals surface area contributed by atoms with Crippen molar-refractivity contribution in [2.75, 3.05) is 46.2 Å². The number of carbonyl (C=O) groups is 1. The maximum Gasteiger partial charge on any atom is 0.225 e. The molecule has 134 valence electrons. The molecular weight excluding hydrogens is 316 g/mol. The van der Waals surface area contributed by atoms with E-state index in [-0.39, 0.29) is 23.2 Å². The molecule has 2 heterocycles. The zero-order valence-electron chi connectivity index (χ0n) is 14.7. The first-order chi connectivity index (χ1) is 10.8. The predicted molar refractivity (Wildman–Crippen MR) is 89.5 cm³/mol. The van der Waals surface area contributed by atoms with Crippen molar-refractivity contribution in [2.24, 2.45) is 17.3 Å². The summed E-state index contributed by atoms with van der Waals surface area (Å²) in [6, 6.07) is 0. The predicted octanol–water partition coefficient (Wildman–Crippen LogP) is 1.18. The standard InChI is InChI=1S/C16H30N2O4S/c1-5-13(6-2)15(19)17-8-7-16(12-22-3)11-18(23(4,20)21)10-14(16)9-17/h13-14H,5-12H2,1-4H3. The Hall–Kier alpha value is -0.660. The van der Waals surface area contributed by atoms with Gasteiger partial charge in [0.15, 0.2) is 0 Å². The minimum absolute atomic E-state index is 0.0809. The first kappa shape index (κ1) is 18.7. The van der Waals surface area contributed by atoms with Crippen LogP contribution < -0.4 is 0 Å². The first-order valence-electron chi connectivity index (χ1n) is 8.50. The number of fused-ring (bicyclic) bond motifs is 1. The van der Waals surface area contributed by atoms with Crippen LogP contribution in [0.4, 0.5) is 0 Å². The molecule has 2 atom stereocenters. The lowest BCUT2D eigenvalue weighted by atomic mass is 9.73. The fourth-order valence-corrected chi connectivity index (χ4v) is 5.05.